The van der Waals surface area contributed by atoms with Crippen LogP contribution in [0.15, 0.2) is 47.4 Å². The lowest BCUT2D eigenvalue weighted by Crippen LogP contribution is -2.54. The molecule has 1 fully saturated rings. The molecule has 0 unspecified atom stereocenters. The number of para-hydroxylation sites is 1. The number of anilines is 1. The summed E-state index contributed by atoms with van der Waals surface area (Å²) in [5, 5.41) is 14.7. The molecule has 1 aliphatic heterocycles. The summed E-state index contributed by atoms with van der Waals surface area (Å²) in [6.07, 6.45) is 0. The summed E-state index contributed by atoms with van der Waals surface area (Å²) in [6, 6.07) is 9.44. The quantitative estimate of drug-likeness (QED) is 0.495. The second-order valence-corrected chi connectivity index (χ2v) is 9.70. The molecule has 2 aromatic carbocycles. The van der Waals surface area contributed by atoms with E-state index in [-0.39, 0.29) is 37.0 Å². The molecule has 1 heterocycles. The third kappa shape index (κ3) is 5.16. The highest BCUT2D eigenvalue weighted by atomic mass is 35.5. The molecule has 0 spiro atoms. The predicted molar refractivity (Wildman–Crippen MR) is 118 cm³/mol. The van der Waals surface area contributed by atoms with Crippen molar-refractivity contribution in [3.63, 3.8) is 0 Å². The van der Waals surface area contributed by atoms with Crippen molar-refractivity contribution in [1.29, 1.82) is 0 Å². The zero-order chi connectivity index (χ0) is 22.8. The van der Waals surface area contributed by atoms with E-state index < -0.39 is 26.7 Å². The Morgan fingerprint density at radius 1 is 1.13 bits per heavy atom. The Hall–Kier alpha value is -2.24. The van der Waals surface area contributed by atoms with Gasteiger partial charge < -0.3 is 5.32 Å². The van der Waals surface area contributed by atoms with Crippen molar-refractivity contribution >= 4 is 50.5 Å². The van der Waals surface area contributed by atoms with Crippen LogP contribution in [0, 0.1) is 10.1 Å². The second-order valence-electron chi connectivity index (χ2n) is 6.95. The molecule has 0 radical (unpaired) electrons. The Bertz CT molecular complexity index is 1100. The Morgan fingerprint density at radius 2 is 1.77 bits per heavy atom. The number of nitrogens with zero attached hydrogens (tertiary/aromatic N) is 3. The zero-order valence-corrected chi connectivity index (χ0v) is 18.8. The van der Waals surface area contributed by atoms with Gasteiger partial charge in [0, 0.05) is 37.3 Å². The van der Waals surface area contributed by atoms with Crippen LogP contribution in [-0.4, -0.2) is 60.7 Å². The smallest absolute Gasteiger partial charge is 0.289 e. The molecule has 1 atom stereocenters. The van der Waals surface area contributed by atoms with Crippen molar-refractivity contribution in [2.75, 3.05) is 31.5 Å². The molecule has 0 bridgehead atoms. The molecular formula is C19H20Cl2N4O5S. The van der Waals surface area contributed by atoms with Gasteiger partial charge in [-0.05, 0) is 31.2 Å². The fourth-order valence-corrected chi connectivity index (χ4v) is 5.21. The number of benzene rings is 2. The van der Waals surface area contributed by atoms with E-state index in [1.807, 2.05) is 4.90 Å². The summed E-state index contributed by atoms with van der Waals surface area (Å²) in [6.45, 7) is 2.49. The van der Waals surface area contributed by atoms with Crippen LogP contribution in [0.4, 0.5) is 11.4 Å². The van der Waals surface area contributed by atoms with Gasteiger partial charge in [-0.3, -0.25) is 19.8 Å². The van der Waals surface area contributed by atoms with Gasteiger partial charge in [-0.1, -0.05) is 35.3 Å². The van der Waals surface area contributed by atoms with Crippen LogP contribution in [-0.2, 0) is 14.8 Å². The monoisotopic (exact) mass is 486 g/mol. The van der Waals surface area contributed by atoms with Gasteiger partial charge in [0.2, 0.25) is 15.9 Å². The minimum Gasteiger partial charge on any atom is -0.323 e. The number of amides is 1. The van der Waals surface area contributed by atoms with Gasteiger partial charge in [0.25, 0.3) is 5.69 Å². The van der Waals surface area contributed by atoms with Crippen LogP contribution < -0.4 is 5.32 Å². The third-order valence-corrected chi connectivity index (χ3v) is 7.58. The maximum atomic E-state index is 12.9. The summed E-state index contributed by atoms with van der Waals surface area (Å²) in [5.41, 5.74) is -0.0697. The molecule has 1 N–H and O–H groups in total. The zero-order valence-electron chi connectivity index (χ0n) is 16.5. The van der Waals surface area contributed by atoms with E-state index in [0.29, 0.717) is 15.7 Å². The maximum Gasteiger partial charge on any atom is 0.289 e. The van der Waals surface area contributed by atoms with Crippen molar-refractivity contribution in [1.82, 2.24) is 9.21 Å². The Morgan fingerprint density at radius 3 is 2.42 bits per heavy atom. The van der Waals surface area contributed by atoms with Crippen molar-refractivity contribution in [3.05, 3.63) is 62.6 Å². The standard InChI is InChI=1S/C19H20Cl2N4O5S/c1-13(19(26)22-16-12-14(20)6-7-15(16)21)23-8-10-24(11-9-23)31(29,30)18-5-3-2-4-17(18)25(27)28/h2-7,12-13H,8-11H2,1H3,(H,22,26)/t13-/m0/s1. The molecule has 1 saturated heterocycles. The predicted octanol–water partition coefficient (Wildman–Crippen LogP) is 3.24. The van der Waals surface area contributed by atoms with Gasteiger partial charge in [-0.2, -0.15) is 4.31 Å². The molecule has 1 aliphatic rings. The number of nitrogens with one attached hydrogen (secondary N) is 1. The molecule has 166 valence electrons. The first kappa shape index (κ1) is 23.4. The van der Waals surface area contributed by atoms with E-state index in [4.69, 9.17) is 23.2 Å². The van der Waals surface area contributed by atoms with Gasteiger partial charge in [0.1, 0.15) is 0 Å². The largest absolute Gasteiger partial charge is 0.323 e. The number of carbonyl (C=O) groups excluding carboxylic acids is 1. The Balaban J connectivity index is 1.67. The molecule has 2 aromatic rings. The van der Waals surface area contributed by atoms with Gasteiger partial charge >= 0.3 is 0 Å². The Labute approximate surface area is 189 Å². The molecule has 0 saturated carbocycles. The van der Waals surface area contributed by atoms with Crippen molar-refractivity contribution in [2.45, 2.75) is 17.9 Å². The van der Waals surface area contributed by atoms with Gasteiger partial charge in [0.15, 0.2) is 4.90 Å². The van der Waals surface area contributed by atoms with Crippen LogP contribution in [0.25, 0.3) is 0 Å². The lowest BCUT2D eigenvalue weighted by atomic mass is 10.2. The molecule has 1 amide bonds. The van der Waals surface area contributed by atoms with Crippen LogP contribution >= 0.6 is 23.2 Å². The average molecular weight is 487 g/mol. The highest BCUT2D eigenvalue weighted by Gasteiger charge is 2.35. The van der Waals surface area contributed by atoms with Gasteiger partial charge in [0.05, 0.1) is 21.7 Å². The van der Waals surface area contributed by atoms with Crippen molar-refractivity contribution in [3.8, 4) is 0 Å². The third-order valence-electron chi connectivity index (χ3n) is 5.07. The van der Waals surface area contributed by atoms with E-state index in [9.17, 15) is 23.3 Å². The summed E-state index contributed by atoms with van der Waals surface area (Å²) in [7, 11) is -4.03. The van der Waals surface area contributed by atoms with E-state index >= 15 is 0 Å². The molecular weight excluding hydrogens is 467 g/mol. The summed E-state index contributed by atoms with van der Waals surface area (Å²) < 4.78 is 27.1. The lowest BCUT2D eigenvalue weighted by molar-refractivity contribution is -0.387. The van der Waals surface area contributed by atoms with Crippen LogP contribution in [0.1, 0.15) is 6.92 Å². The van der Waals surface area contributed by atoms with Crippen molar-refractivity contribution < 1.29 is 18.1 Å². The minimum absolute atomic E-state index is 0.101. The summed E-state index contributed by atoms with van der Waals surface area (Å²) in [4.78, 5) is 24.6. The number of nitro groups is 1. The molecule has 0 aromatic heterocycles. The van der Waals surface area contributed by atoms with Crippen LogP contribution in [0.5, 0.6) is 0 Å². The number of halogens is 2. The van der Waals surface area contributed by atoms with Gasteiger partial charge in [-0.25, -0.2) is 8.42 Å². The van der Waals surface area contributed by atoms with E-state index in [0.717, 1.165) is 6.07 Å². The Kier molecular flexibility index (Phi) is 7.17. The molecule has 31 heavy (non-hydrogen) atoms. The van der Waals surface area contributed by atoms with Crippen molar-refractivity contribution in [2.24, 2.45) is 0 Å². The number of piperazine rings is 1. The first-order valence-corrected chi connectivity index (χ1v) is 11.5. The fraction of sp³-hybridized carbons (Fsp3) is 0.316. The first-order chi connectivity index (χ1) is 14.6. The van der Waals surface area contributed by atoms with E-state index in [2.05, 4.69) is 5.32 Å². The highest BCUT2D eigenvalue weighted by molar-refractivity contribution is 7.89. The van der Waals surface area contributed by atoms with E-state index in [1.165, 1.54) is 22.5 Å². The minimum atomic E-state index is -4.03. The fourth-order valence-electron chi connectivity index (χ4n) is 3.29. The number of nitro benzene ring substituents is 1. The lowest BCUT2D eigenvalue weighted by Gasteiger charge is -2.36. The molecule has 12 heteroatoms. The summed E-state index contributed by atoms with van der Waals surface area (Å²) in [5.74, 6) is -0.306. The van der Waals surface area contributed by atoms with E-state index in [1.54, 1.807) is 25.1 Å². The topological polar surface area (TPSA) is 113 Å². The highest BCUT2D eigenvalue weighted by Crippen LogP contribution is 2.28. The SMILES string of the molecule is C[C@@H](C(=O)Nc1cc(Cl)ccc1Cl)N1CCN(S(=O)(=O)c2ccccc2[N+](=O)[O-])CC1. The maximum absolute atomic E-state index is 12.9. The number of hydrogen-bond donors (Lipinski definition) is 1. The average Bonchev–Trinajstić information content (AvgIpc) is 2.75. The summed E-state index contributed by atoms with van der Waals surface area (Å²) >= 11 is 12.0. The molecule has 0 aliphatic carbocycles. The number of carbonyl (C=O) groups is 1. The first-order valence-electron chi connectivity index (χ1n) is 9.35. The number of sulfonamides is 1. The van der Waals surface area contributed by atoms with Gasteiger partial charge in [-0.15, -0.1) is 0 Å². The molecule has 9 nitrogen and oxygen atoms in total. The molecule has 3 rings (SSSR count). The second kappa shape index (κ2) is 9.49. The number of rotatable bonds is 6. The van der Waals surface area contributed by atoms with Crippen LogP contribution in [0.3, 0.4) is 0 Å². The number of hydrogen-bond acceptors (Lipinski definition) is 6. The van der Waals surface area contributed by atoms with Crippen LogP contribution in [0.2, 0.25) is 10.0 Å². The normalized spacial score (nSPS) is 16.6.